The minimum Gasteiger partial charge on any atom is -0.632 e. The molecule has 3 rings (SSSR count). The summed E-state index contributed by atoms with van der Waals surface area (Å²) in [5, 5.41) is 16.4. The van der Waals surface area contributed by atoms with Gasteiger partial charge < -0.3 is 30.1 Å². The van der Waals surface area contributed by atoms with E-state index in [4.69, 9.17) is 21.8 Å². The first kappa shape index (κ1) is 26.4. The van der Waals surface area contributed by atoms with Crippen LogP contribution in [0.4, 0.5) is 19.0 Å². The predicted octanol–water partition coefficient (Wildman–Crippen LogP) is 4.14. The van der Waals surface area contributed by atoms with Crippen LogP contribution in [-0.4, -0.2) is 46.0 Å². The number of aromatic nitrogens is 2. The Hall–Kier alpha value is -3.19. The number of anilines is 1. The van der Waals surface area contributed by atoms with Gasteiger partial charge in [0.05, 0.1) is 22.9 Å². The van der Waals surface area contributed by atoms with Gasteiger partial charge in [0.2, 0.25) is 0 Å². The van der Waals surface area contributed by atoms with E-state index in [-0.39, 0.29) is 35.3 Å². The van der Waals surface area contributed by atoms with Crippen LogP contribution in [0.1, 0.15) is 28.5 Å². The molecule has 13 heteroatoms. The molecule has 188 valence electrons. The second-order valence-electron chi connectivity index (χ2n) is 7.90. The summed E-state index contributed by atoms with van der Waals surface area (Å²) in [6.07, 6.45) is 2.13. The third-order valence-corrected chi connectivity index (χ3v) is 5.81. The van der Waals surface area contributed by atoms with E-state index in [2.05, 4.69) is 26.6 Å². The van der Waals surface area contributed by atoms with E-state index in [1.54, 1.807) is 13.0 Å². The third kappa shape index (κ3) is 6.48. The molecule has 3 N–H and O–H groups in total. The summed E-state index contributed by atoms with van der Waals surface area (Å²) in [6, 6.07) is 1.02. The van der Waals surface area contributed by atoms with Gasteiger partial charge in [0.1, 0.15) is 37.8 Å². The number of amides is 1. The standard InChI is InChI=1S/C22H23ClF3N5O4/c1-3-14(6-17(23)18(27)9-34-11-22(24,25)26)13(2)31(33)7-15-4-5-28-20(16(15)8-31)30-21(32)19-10-35-12-29-19/h3-6,10,12-13H,1,7-9,11,27H2,2H3,(H,28,30,32)/b14-6+,18-17+. The molecule has 35 heavy (non-hydrogen) atoms. The summed E-state index contributed by atoms with van der Waals surface area (Å²) in [5.74, 6) is -0.290. The van der Waals surface area contributed by atoms with Gasteiger partial charge in [-0.2, -0.15) is 13.2 Å². The number of nitrogens with two attached hydrogens (primary N) is 1. The lowest BCUT2D eigenvalue weighted by molar-refractivity contribution is -0.917. The highest BCUT2D eigenvalue weighted by atomic mass is 35.5. The van der Waals surface area contributed by atoms with Crippen molar-refractivity contribution >= 4 is 23.3 Å². The van der Waals surface area contributed by atoms with Crippen molar-refractivity contribution in [3.05, 3.63) is 82.0 Å². The SMILES string of the molecule is C=C/C(=C\C(Cl)=C(/N)COCC(F)(F)F)C(C)[N+]1([O-])Cc2ccnc(NC(=O)c3cocn3)c2C1. The van der Waals surface area contributed by atoms with Crippen molar-refractivity contribution in [2.24, 2.45) is 5.73 Å². The van der Waals surface area contributed by atoms with E-state index in [9.17, 15) is 23.2 Å². The Bertz CT molecular complexity index is 1150. The molecule has 2 aromatic heterocycles. The first-order chi connectivity index (χ1) is 16.4. The van der Waals surface area contributed by atoms with Crippen LogP contribution < -0.4 is 11.1 Å². The van der Waals surface area contributed by atoms with Gasteiger partial charge in [0.15, 0.2) is 12.1 Å². The number of halogens is 4. The minimum atomic E-state index is -4.49. The summed E-state index contributed by atoms with van der Waals surface area (Å²) in [7, 11) is 0. The van der Waals surface area contributed by atoms with Crippen molar-refractivity contribution in [2.75, 3.05) is 18.5 Å². The summed E-state index contributed by atoms with van der Waals surface area (Å²) in [6.45, 7) is 3.48. The molecule has 1 amide bonds. The third-order valence-electron chi connectivity index (χ3n) is 5.46. The maximum absolute atomic E-state index is 13.8. The Labute approximate surface area is 203 Å². The first-order valence-electron chi connectivity index (χ1n) is 10.3. The van der Waals surface area contributed by atoms with Gasteiger partial charge in [-0.25, -0.2) is 9.97 Å². The molecule has 0 saturated heterocycles. The fourth-order valence-corrected chi connectivity index (χ4v) is 3.73. The molecule has 0 bridgehead atoms. The number of oxazole rings is 1. The molecular weight excluding hydrogens is 491 g/mol. The van der Waals surface area contributed by atoms with Crippen LogP contribution in [-0.2, 0) is 17.8 Å². The number of hydrogen-bond donors (Lipinski definition) is 2. The molecule has 3 heterocycles. The number of rotatable bonds is 9. The van der Waals surface area contributed by atoms with Crippen LogP contribution in [0.2, 0.25) is 0 Å². The second-order valence-corrected chi connectivity index (χ2v) is 8.31. The van der Waals surface area contributed by atoms with Gasteiger partial charge in [-0.15, -0.1) is 0 Å². The van der Waals surface area contributed by atoms with Crippen LogP contribution in [0.25, 0.3) is 0 Å². The Morgan fingerprint density at radius 1 is 1.46 bits per heavy atom. The Balaban J connectivity index is 1.77. The van der Waals surface area contributed by atoms with E-state index in [0.29, 0.717) is 16.7 Å². The molecule has 0 spiro atoms. The number of alkyl halides is 3. The lowest BCUT2D eigenvalue weighted by Crippen LogP contribution is -2.45. The number of ether oxygens (including phenoxy) is 1. The zero-order valence-electron chi connectivity index (χ0n) is 18.6. The van der Waals surface area contributed by atoms with E-state index in [0.717, 1.165) is 6.39 Å². The molecule has 0 aromatic carbocycles. The Morgan fingerprint density at radius 2 is 2.20 bits per heavy atom. The summed E-state index contributed by atoms with van der Waals surface area (Å²) in [4.78, 5) is 20.3. The number of quaternary nitrogens is 1. The highest BCUT2D eigenvalue weighted by Gasteiger charge is 2.37. The monoisotopic (exact) mass is 513 g/mol. The van der Waals surface area contributed by atoms with Gasteiger partial charge in [0.25, 0.3) is 5.91 Å². The van der Waals surface area contributed by atoms with E-state index >= 15 is 0 Å². The van der Waals surface area contributed by atoms with Crippen LogP contribution in [0.5, 0.6) is 0 Å². The summed E-state index contributed by atoms with van der Waals surface area (Å²) < 4.78 is 45.4. The van der Waals surface area contributed by atoms with Crippen LogP contribution in [0.3, 0.4) is 0 Å². The van der Waals surface area contributed by atoms with Gasteiger partial charge in [0, 0.05) is 17.3 Å². The van der Waals surface area contributed by atoms with Crippen molar-refractivity contribution in [2.45, 2.75) is 32.2 Å². The van der Waals surface area contributed by atoms with Gasteiger partial charge >= 0.3 is 6.18 Å². The number of carbonyl (C=O) groups is 1. The van der Waals surface area contributed by atoms with Crippen molar-refractivity contribution in [1.82, 2.24) is 9.97 Å². The minimum absolute atomic E-state index is 0.00451. The average molecular weight is 514 g/mol. The van der Waals surface area contributed by atoms with Crippen LogP contribution in [0.15, 0.2) is 64.4 Å². The maximum Gasteiger partial charge on any atom is 0.411 e. The van der Waals surface area contributed by atoms with E-state index in [1.165, 1.54) is 24.6 Å². The van der Waals surface area contributed by atoms with Crippen molar-refractivity contribution in [3.63, 3.8) is 0 Å². The number of nitrogens with one attached hydrogen (secondary N) is 1. The molecule has 9 nitrogen and oxygen atoms in total. The molecule has 1 aliphatic heterocycles. The summed E-state index contributed by atoms with van der Waals surface area (Å²) in [5.41, 5.74) is 7.41. The largest absolute Gasteiger partial charge is 0.632 e. The summed E-state index contributed by atoms with van der Waals surface area (Å²) >= 11 is 6.16. The Kier molecular flexibility index (Phi) is 8.00. The van der Waals surface area contributed by atoms with Gasteiger partial charge in [-0.1, -0.05) is 24.3 Å². The molecule has 2 unspecified atom stereocenters. The normalized spacial score (nSPS) is 19.7. The fourth-order valence-electron chi connectivity index (χ4n) is 3.55. The number of pyridine rings is 1. The van der Waals surface area contributed by atoms with Crippen LogP contribution in [0, 0.1) is 5.21 Å². The van der Waals surface area contributed by atoms with Gasteiger partial charge in [-0.05, 0) is 19.1 Å². The van der Waals surface area contributed by atoms with Crippen molar-refractivity contribution in [1.29, 1.82) is 0 Å². The topological polar surface area (TPSA) is 126 Å². The van der Waals surface area contributed by atoms with Gasteiger partial charge in [-0.3, -0.25) is 4.79 Å². The zero-order valence-corrected chi connectivity index (χ0v) is 19.4. The molecular formula is C22H23ClF3N5O4. The molecule has 2 aromatic rings. The number of fused-ring (bicyclic) bond motifs is 1. The highest BCUT2D eigenvalue weighted by molar-refractivity contribution is 6.31. The first-order valence-corrected chi connectivity index (χ1v) is 10.7. The fraction of sp³-hybridized carbons (Fsp3) is 0.318. The van der Waals surface area contributed by atoms with Crippen LogP contribution >= 0.6 is 11.6 Å². The molecule has 2 atom stereocenters. The van der Waals surface area contributed by atoms with E-state index < -0.39 is 36.0 Å². The molecule has 0 saturated carbocycles. The number of allylic oxidation sites excluding steroid dienone is 2. The lowest BCUT2D eigenvalue weighted by atomic mass is 10.1. The molecule has 0 fully saturated rings. The number of hydroxylamine groups is 3. The number of nitrogens with zero attached hydrogens (tertiary/aromatic N) is 3. The average Bonchev–Trinajstić information content (AvgIpc) is 3.44. The molecule has 0 aliphatic carbocycles. The maximum atomic E-state index is 13.8. The number of hydrogen-bond acceptors (Lipinski definition) is 7. The zero-order chi connectivity index (χ0) is 25.8. The predicted molar refractivity (Wildman–Crippen MR) is 121 cm³/mol. The van der Waals surface area contributed by atoms with Crippen molar-refractivity contribution in [3.8, 4) is 0 Å². The molecule has 0 radical (unpaired) electrons. The Morgan fingerprint density at radius 3 is 2.83 bits per heavy atom. The quantitative estimate of drug-likeness (QED) is 0.293. The highest BCUT2D eigenvalue weighted by Crippen LogP contribution is 2.37. The second kappa shape index (κ2) is 10.6. The number of carbonyl (C=O) groups excluding carboxylic acids is 1. The smallest absolute Gasteiger partial charge is 0.411 e. The molecule has 1 aliphatic rings. The van der Waals surface area contributed by atoms with E-state index in [1.807, 2.05) is 0 Å². The lowest BCUT2D eigenvalue weighted by Gasteiger charge is -2.44. The van der Waals surface area contributed by atoms with Crippen molar-refractivity contribution < 1.29 is 31.8 Å².